The molecule has 3 aromatic carbocycles. The zero-order valence-corrected chi connectivity index (χ0v) is 22.4. The number of halogens is 1. The van der Waals surface area contributed by atoms with E-state index in [1.54, 1.807) is 49.4 Å². The first kappa shape index (κ1) is 28.6. The molecule has 0 heterocycles. The highest BCUT2D eigenvalue weighted by atomic mass is 32.2. The molecule has 202 valence electrons. The zero-order valence-electron chi connectivity index (χ0n) is 21.6. The highest BCUT2D eigenvalue weighted by Crippen LogP contribution is 2.27. The lowest BCUT2D eigenvalue weighted by molar-refractivity contribution is -0.139. The van der Waals surface area contributed by atoms with Gasteiger partial charge in [0.2, 0.25) is 11.8 Å². The molecule has 38 heavy (non-hydrogen) atoms. The monoisotopic (exact) mass is 541 g/mol. The van der Waals surface area contributed by atoms with Crippen LogP contribution in [0.5, 0.6) is 5.75 Å². The van der Waals surface area contributed by atoms with E-state index in [2.05, 4.69) is 5.32 Å². The number of carbonyl (C=O) groups excluding carboxylic acids is 2. The van der Waals surface area contributed by atoms with Gasteiger partial charge in [-0.15, -0.1) is 0 Å². The molecule has 0 aliphatic carbocycles. The van der Waals surface area contributed by atoms with Crippen molar-refractivity contribution in [3.8, 4) is 5.75 Å². The molecule has 0 spiro atoms. The lowest BCUT2D eigenvalue weighted by Crippen LogP contribution is -2.51. The normalized spacial score (nSPS) is 11.9. The van der Waals surface area contributed by atoms with Crippen LogP contribution in [-0.4, -0.2) is 51.4 Å². The predicted octanol–water partition coefficient (Wildman–Crippen LogP) is 3.97. The fourth-order valence-corrected chi connectivity index (χ4v) is 5.28. The van der Waals surface area contributed by atoms with Crippen molar-refractivity contribution in [1.82, 2.24) is 10.2 Å². The van der Waals surface area contributed by atoms with Gasteiger partial charge in [0.1, 0.15) is 24.2 Å². The quantitative estimate of drug-likeness (QED) is 0.374. The Hall–Kier alpha value is -3.92. The third-order valence-corrected chi connectivity index (χ3v) is 7.71. The van der Waals surface area contributed by atoms with Crippen LogP contribution in [0, 0.1) is 5.82 Å². The van der Waals surface area contributed by atoms with Crippen molar-refractivity contribution in [3.63, 3.8) is 0 Å². The third kappa shape index (κ3) is 6.89. The molecule has 0 saturated carbocycles. The minimum absolute atomic E-state index is 0.00718. The molecular formula is C28H32FN3O5S. The number of anilines is 1. The number of hydrogen-bond acceptors (Lipinski definition) is 5. The second-order valence-electron chi connectivity index (χ2n) is 8.62. The predicted molar refractivity (Wildman–Crippen MR) is 144 cm³/mol. The largest absolute Gasteiger partial charge is 0.497 e. The van der Waals surface area contributed by atoms with Crippen molar-refractivity contribution in [3.05, 3.63) is 90.2 Å². The number of nitrogens with zero attached hydrogens (tertiary/aromatic N) is 2. The van der Waals surface area contributed by atoms with Gasteiger partial charge in [-0.2, -0.15) is 0 Å². The number of sulfonamides is 1. The van der Waals surface area contributed by atoms with Crippen molar-refractivity contribution >= 4 is 27.5 Å². The number of ether oxygens (including phenoxy) is 1. The molecule has 0 saturated heterocycles. The number of benzene rings is 3. The Labute approximate surface area is 223 Å². The second-order valence-corrected chi connectivity index (χ2v) is 10.5. The van der Waals surface area contributed by atoms with Gasteiger partial charge < -0.3 is 15.0 Å². The van der Waals surface area contributed by atoms with E-state index in [-0.39, 0.29) is 23.0 Å². The van der Waals surface area contributed by atoms with Crippen molar-refractivity contribution in [2.45, 2.75) is 37.8 Å². The minimum atomic E-state index is -4.32. The van der Waals surface area contributed by atoms with Crippen LogP contribution >= 0.6 is 0 Å². The van der Waals surface area contributed by atoms with Crippen molar-refractivity contribution in [2.75, 3.05) is 24.5 Å². The molecule has 0 aromatic heterocycles. The fraction of sp³-hybridized carbons (Fsp3) is 0.286. The van der Waals surface area contributed by atoms with Crippen molar-refractivity contribution < 1.29 is 27.1 Å². The van der Waals surface area contributed by atoms with Gasteiger partial charge >= 0.3 is 0 Å². The average molecular weight is 542 g/mol. The van der Waals surface area contributed by atoms with Gasteiger partial charge in [0.15, 0.2) is 0 Å². The molecule has 8 nitrogen and oxygen atoms in total. The smallest absolute Gasteiger partial charge is 0.264 e. The number of nitrogens with one attached hydrogen (secondary N) is 1. The van der Waals surface area contributed by atoms with Gasteiger partial charge in [-0.25, -0.2) is 12.8 Å². The zero-order chi connectivity index (χ0) is 27.7. The first-order valence-corrected chi connectivity index (χ1v) is 13.7. The summed E-state index contributed by atoms with van der Waals surface area (Å²) in [7, 11) is -2.81. The number of para-hydroxylation sites is 1. The average Bonchev–Trinajstić information content (AvgIpc) is 2.93. The SMILES string of the molecule is CCCNC(=O)[C@@H](C)N(Cc1cccc(OC)c1)C(=O)CN(c1ccccc1F)S(=O)(=O)c1ccccc1. The first-order chi connectivity index (χ1) is 18.2. The number of rotatable bonds is 12. The van der Waals surface area contributed by atoms with E-state index < -0.39 is 34.3 Å². The molecule has 0 aliphatic rings. The van der Waals surface area contributed by atoms with Gasteiger partial charge in [0.25, 0.3) is 10.0 Å². The number of amides is 2. The van der Waals surface area contributed by atoms with E-state index in [0.717, 1.165) is 10.4 Å². The highest BCUT2D eigenvalue weighted by Gasteiger charge is 2.33. The van der Waals surface area contributed by atoms with Crippen molar-refractivity contribution in [2.24, 2.45) is 0 Å². The van der Waals surface area contributed by atoms with Crippen molar-refractivity contribution in [1.29, 1.82) is 0 Å². The number of methoxy groups -OCH3 is 1. The van der Waals surface area contributed by atoms with Crippen LogP contribution in [0.25, 0.3) is 0 Å². The fourth-order valence-electron chi connectivity index (χ4n) is 3.83. The van der Waals surface area contributed by atoms with Gasteiger partial charge in [-0.3, -0.25) is 13.9 Å². The molecule has 0 radical (unpaired) electrons. The first-order valence-electron chi connectivity index (χ1n) is 12.2. The third-order valence-electron chi connectivity index (χ3n) is 5.93. The summed E-state index contributed by atoms with van der Waals surface area (Å²) in [4.78, 5) is 27.8. The summed E-state index contributed by atoms with van der Waals surface area (Å²) in [5, 5.41) is 2.78. The lowest BCUT2D eigenvalue weighted by atomic mass is 10.1. The maximum absolute atomic E-state index is 14.9. The molecule has 0 bridgehead atoms. The van der Waals surface area contributed by atoms with E-state index in [9.17, 15) is 22.4 Å². The molecule has 1 N–H and O–H groups in total. The van der Waals surface area contributed by atoms with Crippen LogP contribution in [0.2, 0.25) is 0 Å². The van der Waals surface area contributed by atoms with Crippen LogP contribution in [0.3, 0.4) is 0 Å². The molecule has 0 unspecified atom stereocenters. The lowest BCUT2D eigenvalue weighted by Gasteiger charge is -2.32. The van der Waals surface area contributed by atoms with Gasteiger partial charge in [-0.1, -0.05) is 49.4 Å². The topological polar surface area (TPSA) is 96.0 Å². The van der Waals surface area contributed by atoms with Crippen LogP contribution in [0.1, 0.15) is 25.8 Å². The standard InChI is InChI=1S/C28H32FN3O5S/c1-4-17-30-28(34)21(2)31(19-22-11-10-12-23(18-22)37-3)27(33)20-32(26-16-9-8-15-25(26)29)38(35,36)24-13-6-5-7-14-24/h5-16,18,21H,4,17,19-20H2,1-3H3,(H,30,34)/t21-/m1/s1. The van der Waals surface area contributed by atoms with E-state index in [1.165, 1.54) is 42.3 Å². The summed E-state index contributed by atoms with van der Waals surface area (Å²) >= 11 is 0. The Bertz CT molecular complexity index is 1350. The van der Waals surface area contributed by atoms with Gasteiger partial charge in [0, 0.05) is 13.1 Å². The Balaban J connectivity index is 2.02. The Morgan fingerprint density at radius 3 is 2.34 bits per heavy atom. The maximum atomic E-state index is 14.9. The second kappa shape index (κ2) is 13.0. The Kier molecular flexibility index (Phi) is 9.84. The molecule has 2 amide bonds. The summed E-state index contributed by atoms with van der Waals surface area (Å²) in [6.07, 6.45) is 0.707. The molecular weight excluding hydrogens is 509 g/mol. The van der Waals surface area contributed by atoms with Gasteiger partial charge in [0.05, 0.1) is 17.7 Å². The summed E-state index contributed by atoms with van der Waals surface area (Å²) in [5.41, 5.74) is 0.408. The molecule has 0 fully saturated rings. The molecule has 3 rings (SSSR count). The summed E-state index contributed by atoms with van der Waals surface area (Å²) in [6.45, 7) is 3.20. The summed E-state index contributed by atoms with van der Waals surface area (Å²) in [6, 6.07) is 18.9. The van der Waals surface area contributed by atoms with E-state index in [1.807, 2.05) is 6.92 Å². The molecule has 10 heteroatoms. The van der Waals surface area contributed by atoms with Crippen LogP contribution in [0.4, 0.5) is 10.1 Å². The Morgan fingerprint density at radius 2 is 1.68 bits per heavy atom. The molecule has 3 aromatic rings. The van der Waals surface area contributed by atoms with E-state index >= 15 is 0 Å². The summed E-state index contributed by atoms with van der Waals surface area (Å²) in [5.74, 6) is -1.29. The van der Waals surface area contributed by atoms with E-state index in [4.69, 9.17) is 4.74 Å². The van der Waals surface area contributed by atoms with E-state index in [0.29, 0.717) is 24.3 Å². The maximum Gasteiger partial charge on any atom is 0.264 e. The van der Waals surface area contributed by atoms with Gasteiger partial charge in [-0.05, 0) is 55.3 Å². The van der Waals surface area contributed by atoms with Crippen LogP contribution < -0.4 is 14.4 Å². The Morgan fingerprint density at radius 1 is 1.00 bits per heavy atom. The minimum Gasteiger partial charge on any atom is -0.497 e. The van der Waals surface area contributed by atoms with Crippen LogP contribution in [-0.2, 0) is 26.2 Å². The van der Waals surface area contributed by atoms with Crippen LogP contribution in [0.15, 0.2) is 83.8 Å². The summed E-state index contributed by atoms with van der Waals surface area (Å²) < 4.78 is 48.2. The number of carbonyl (C=O) groups is 2. The number of hydrogen-bond donors (Lipinski definition) is 1. The molecule has 0 aliphatic heterocycles. The molecule has 1 atom stereocenters. The highest BCUT2D eigenvalue weighted by molar-refractivity contribution is 7.92.